The van der Waals surface area contributed by atoms with E-state index >= 15 is 0 Å². The van der Waals surface area contributed by atoms with Crippen LogP contribution in [-0.2, 0) is 11.2 Å². The van der Waals surface area contributed by atoms with Crippen LogP contribution in [0.5, 0.6) is 0 Å². The maximum Gasteiger partial charge on any atom is 0.226 e. The SMILES string of the molecule is O=C(C1CCN(CC(O)c2ccccc2)CC1)N1CCc2ccccc2C1C1CCCCC1. The Hall–Kier alpha value is -2.17. The Morgan fingerprint density at radius 3 is 2.33 bits per heavy atom. The van der Waals surface area contributed by atoms with Crippen molar-refractivity contribution in [3.05, 3.63) is 71.3 Å². The molecule has 2 aliphatic heterocycles. The summed E-state index contributed by atoms with van der Waals surface area (Å²) < 4.78 is 0. The van der Waals surface area contributed by atoms with E-state index in [2.05, 4.69) is 34.1 Å². The number of nitrogens with zero attached hydrogens (tertiary/aromatic N) is 2. The van der Waals surface area contributed by atoms with Gasteiger partial charge in [-0.2, -0.15) is 0 Å². The maximum atomic E-state index is 13.8. The molecule has 2 aromatic rings. The Bertz CT molecular complexity index is 916. The molecule has 2 unspecified atom stereocenters. The zero-order valence-corrected chi connectivity index (χ0v) is 19.7. The average molecular weight is 447 g/mol. The quantitative estimate of drug-likeness (QED) is 0.692. The monoisotopic (exact) mass is 446 g/mol. The molecule has 0 spiro atoms. The summed E-state index contributed by atoms with van der Waals surface area (Å²) in [5.74, 6) is 1.10. The molecule has 2 heterocycles. The Morgan fingerprint density at radius 2 is 1.58 bits per heavy atom. The predicted octanol–water partition coefficient (Wildman–Crippen LogP) is 5.14. The van der Waals surface area contributed by atoms with Gasteiger partial charge in [0.15, 0.2) is 0 Å². The first-order chi connectivity index (χ1) is 16.2. The fourth-order valence-electron chi connectivity index (χ4n) is 6.43. The number of amides is 1. The van der Waals surface area contributed by atoms with Crippen LogP contribution < -0.4 is 0 Å². The summed E-state index contributed by atoms with van der Waals surface area (Å²) in [6, 6.07) is 19.0. The third kappa shape index (κ3) is 5.02. The van der Waals surface area contributed by atoms with E-state index in [0.717, 1.165) is 44.5 Å². The minimum absolute atomic E-state index is 0.117. The van der Waals surface area contributed by atoms with E-state index in [9.17, 15) is 9.90 Å². The van der Waals surface area contributed by atoms with Gasteiger partial charge >= 0.3 is 0 Å². The van der Waals surface area contributed by atoms with Gasteiger partial charge in [0.2, 0.25) is 5.91 Å². The van der Waals surface area contributed by atoms with Gasteiger partial charge in [0.25, 0.3) is 0 Å². The van der Waals surface area contributed by atoms with Crippen molar-refractivity contribution in [2.75, 3.05) is 26.2 Å². The number of β-amino-alcohol motifs (C(OH)–C–C–N with tert-alkyl or cyclic N) is 1. The lowest BCUT2D eigenvalue weighted by molar-refractivity contribution is -0.142. The third-order valence-electron chi connectivity index (χ3n) is 8.26. The molecule has 0 radical (unpaired) electrons. The highest BCUT2D eigenvalue weighted by atomic mass is 16.3. The average Bonchev–Trinajstić information content (AvgIpc) is 2.89. The number of hydrogen-bond donors (Lipinski definition) is 1. The van der Waals surface area contributed by atoms with E-state index in [0.29, 0.717) is 18.4 Å². The second kappa shape index (κ2) is 10.4. The van der Waals surface area contributed by atoms with Crippen LogP contribution in [0.1, 0.15) is 73.8 Å². The molecule has 4 nitrogen and oxygen atoms in total. The van der Waals surface area contributed by atoms with Crippen molar-refractivity contribution in [3.63, 3.8) is 0 Å². The van der Waals surface area contributed by atoms with Gasteiger partial charge in [0.1, 0.15) is 0 Å². The topological polar surface area (TPSA) is 43.8 Å². The zero-order chi connectivity index (χ0) is 22.6. The largest absolute Gasteiger partial charge is 0.387 e. The Kier molecular flexibility index (Phi) is 7.13. The van der Waals surface area contributed by atoms with Crippen LogP contribution in [0.15, 0.2) is 54.6 Å². The van der Waals surface area contributed by atoms with Crippen molar-refractivity contribution < 1.29 is 9.90 Å². The standard InChI is InChI=1S/C29H38N2O2/c32-27(23-10-3-1-4-11-23)21-30-18-15-25(16-19-30)29(33)31-20-17-22-9-7-8-14-26(22)28(31)24-12-5-2-6-13-24/h1,3-4,7-11,14,24-25,27-28,32H,2,5-6,12-13,15-21H2. The Balaban J connectivity index is 1.24. The molecule has 2 fully saturated rings. The highest BCUT2D eigenvalue weighted by Crippen LogP contribution is 2.43. The number of likely N-dealkylation sites (tertiary alicyclic amines) is 1. The van der Waals surface area contributed by atoms with Crippen LogP contribution in [0.25, 0.3) is 0 Å². The van der Waals surface area contributed by atoms with Gasteiger partial charge in [-0.1, -0.05) is 73.9 Å². The van der Waals surface area contributed by atoms with E-state index in [4.69, 9.17) is 0 Å². The van der Waals surface area contributed by atoms with E-state index in [1.54, 1.807) is 0 Å². The molecule has 1 amide bonds. The number of fused-ring (bicyclic) bond motifs is 1. The molecule has 33 heavy (non-hydrogen) atoms. The summed E-state index contributed by atoms with van der Waals surface area (Å²) in [6.45, 7) is 3.29. The molecule has 1 N–H and O–H groups in total. The molecule has 4 heteroatoms. The fourth-order valence-corrected chi connectivity index (χ4v) is 6.43. The van der Waals surface area contributed by atoms with E-state index in [1.165, 1.54) is 43.2 Å². The van der Waals surface area contributed by atoms with E-state index < -0.39 is 6.10 Å². The zero-order valence-electron chi connectivity index (χ0n) is 19.7. The summed E-state index contributed by atoms with van der Waals surface area (Å²) in [7, 11) is 0. The van der Waals surface area contributed by atoms with Gasteiger partial charge in [0, 0.05) is 19.0 Å². The first-order valence-electron chi connectivity index (χ1n) is 13.0. The fraction of sp³-hybridized carbons (Fsp3) is 0.552. The summed E-state index contributed by atoms with van der Waals surface area (Å²) in [6.07, 6.45) is 8.75. The van der Waals surface area contributed by atoms with Crippen molar-refractivity contribution in [2.45, 2.75) is 63.5 Å². The highest BCUT2D eigenvalue weighted by Gasteiger charge is 2.39. The number of aliphatic hydroxyl groups excluding tert-OH is 1. The molecular weight excluding hydrogens is 408 g/mol. The van der Waals surface area contributed by atoms with Crippen molar-refractivity contribution in [2.24, 2.45) is 11.8 Å². The normalized spacial score (nSPS) is 23.8. The molecule has 0 aromatic heterocycles. The van der Waals surface area contributed by atoms with Crippen LogP contribution in [-0.4, -0.2) is 47.0 Å². The van der Waals surface area contributed by atoms with Crippen molar-refractivity contribution in [3.8, 4) is 0 Å². The molecular formula is C29H38N2O2. The molecule has 1 aliphatic carbocycles. The lowest BCUT2D eigenvalue weighted by Gasteiger charge is -2.45. The highest BCUT2D eigenvalue weighted by molar-refractivity contribution is 5.80. The van der Waals surface area contributed by atoms with Gasteiger partial charge in [-0.05, 0) is 67.8 Å². The van der Waals surface area contributed by atoms with Crippen molar-refractivity contribution in [1.82, 2.24) is 9.80 Å². The van der Waals surface area contributed by atoms with Gasteiger partial charge < -0.3 is 14.9 Å². The minimum atomic E-state index is -0.465. The number of carbonyl (C=O) groups excluding carboxylic acids is 1. The number of aliphatic hydroxyl groups is 1. The summed E-state index contributed by atoms with van der Waals surface area (Å²) >= 11 is 0. The first kappa shape index (κ1) is 22.6. The third-order valence-corrected chi connectivity index (χ3v) is 8.26. The molecule has 1 saturated carbocycles. The summed E-state index contributed by atoms with van der Waals surface area (Å²) in [5.41, 5.74) is 3.83. The van der Waals surface area contributed by atoms with Crippen LogP contribution in [0, 0.1) is 11.8 Å². The Labute approximate surface area is 198 Å². The van der Waals surface area contributed by atoms with Crippen molar-refractivity contribution >= 4 is 5.91 Å². The molecule has 0 bridgehead atoms. The lowest BCUT2D eigenvalue weighted by atomic mass is 9.76. The molecule has 3 aliphatic rings. The summed E-state index contributed by atoms with van der Waals surface area (Å²) in [5, 5.41) is 10.6. The van der Waals surface area contributed by atoms with Crippen LogP contribution in [0.3, 0.4) is 0 Å². The lowest BCUT2D eigenvalue weighted by Crippen LogP contribution is -2.48. The number of piperidine rings is 1. The van der Waals surface area contributed by atoms with E-state index in [-0.39, 0.29) is 12.0 Å². The van der Waals surface area contributed by atoms with Crippen LogP contribution in [0.2, 0.25) is 0 Å². The molecule has 1 saturated heterocycles. The van der Waals surface area contributed by atoms with Gasteiger partial charge in [-0.3, -0.25) is 4.79 Å². The maximum absolute atomic E-state index is 13.8. The number of rotatable bonds is 5. The molecule has 176 valence electrons. The van der Waals surface area contributed by atoms with Crippen LogP contribution >= 0.6 is 0 Å². The van der Waals surface area contributed by atoms with E-state index in [1.807, 2.05) is 30.3 Å². The van der Waals surface area contributed by atoms with Gasteiger partial charge in [-0.25, -0.2) is 0 Å². The summed E-state index contributed by atoms with van der Waals surface area (Å²) in [4.78, 5) is 18.4. The molecule has 5 rings (SSSR count). The molecule has 2 atom stereocenters. The van der Waals surface area contributed by atoms with Gasteiger partial charge in [0.05, 0.1) is 12.1 Å². The smallest absolute Gasteiger partial charge is 0.226 e. The van der Waals surface area contributed by atoms with Gasteiger partial charge in [-0.15, -0.1) is 0 Å². The first-order valence-corrected chi connectivity index (χ1v) is 13.0. The molecule has 2 aromatic carbocycles. The number of hydrogen-bond acceptors (Lipinski definition) is 3. The Morgan fingerprint density at radius 1 is 0.879 bits per heavy atom. The second-order valence-electron chi connectivity index (χ2n) is 10.3. The minimum Gasteiger partial charge on any atom is -0.387 e. The van der Waals surface area contributed by atoms with Crippen molar-refractivity contribution in [1.29, 1.82) is 0 Å². The number of benzene rings is 2. The number of carbonyl (C=O) groups is 1. The van der Waals surface area contributed by atoms with Crippen LogP contribution in [0.4, 0.5) is 0 Å². The second-order valence-corrected chi connectivity index (χ2v) is 10.3. The predicted molar refractivity (Wildman–Crippen MR) is 132 cm³/mol.